The van der Waals surface area contributed by atoms with Gasteiger partial charge in [-0.05, 0) is 23.6 Å². The molecule has 76 valence electrons. The molecule has 0 aliphatic heterocycles. The molecule has 0 unspecified atom stereocenters. The lowest BCUT2D eigenvalue weighted by Crippen LogP contribution is -1.94. The lowest BCUT2D eigenvalue weighted by molar-refractivity contribution is 0.415. The predicted molar refractivity (Wildman–Crippen MR) is 58.7 cm³/mol. The zero-order valence-electron chi connectivity index (χ0n) is 8.60. The third-order valence-corrected chi connectivity index (χ3v) is 2.45. The van der Waals surface area contributed by atoms with Crippen LogP contribution in [-0.4, -0.2) is 11.7 Å². The summed E-state index contributed by atoms with van der Waals surface area (Å²) in [6.07, 6.45) is 2.53. The molecule has 0 spiro atoms. The number of nitriles is 1. The van der Waals surface area contributed by atoms with Gasteiger partial charge in [-0.2, -0.15) is 5.26 Å². The van der Waals surface area contributed by atoms with E-state index in [0.29, 0.717) is 6.42 Å². The summed E-state index contributed by atoms with van der Waals surface area (Å²) in [5.74, 6) is 0.847. The maximum Gasteiger partial charge on any atom is 0.120 e. The van der Waals surface area contributed by atoms with Gasteiger partial charge in [0, 0.05) is 18.8 Å². The predicted octanol–water partition coefficient (Wildman–Crippen LogP) is 2.56. The number of fused-ring (bicyclic) bond motifs is 1. The Kier molecular flexibility index (Phi) is 2.59. The molecule has 15 heavy (non-hydrogen) atoms. The van der Waals surface area contributed by atoms with E-state index >= 15 is 0 Å². The lowest BCUT2D eigenvalue weighted by Gasteiger charge is -2.04. The first-order valence-corrected chi connectivity index (χ1v) is 4.85. The monoisotopic (exact) mass is 200 g/mol. The maximum absolute atomic E-state index is 8.55. The van der Waals surface area contributed by atoms with Gasteiger partial charge in [-0.15, -0.1) is 0 Å². The molecule has 1 aromatic heterocycles. The molecule has 0 N–H and O–H groups in total. The Morgan fingerprint density at radius 3 is 3.00 bits per heavy atom. The van der Waals surface area contributed by atoms with E-state index in [0.717, 1.165) is 17.8 Å². The van der Waals surface area contributed by atoms with Crippen molar-refractivity contribution in [2.24, 2.45) is 0 Å². The number of hydrogen-bond acceptors (Lipinski definition) is 2. The van der Waals surface area contributed by atoms with Gasteiger partial charge in [-0.3, -0.25) is 0 Å². The molecule has 0 aliphatic rings. The fourth-order valence-electron chi connectivity index (χ4n) is 1.66. The average molecular weight is 200 g/mol. The zero-order chi connectivity index (χ0) is 10.7. The summed E-state index contributed by atoms with van der Waals surface area (Å²) in [4.78, 5) is 0. The number of hydrogen-bond donors (Lipinski definition) is 0. The summed E-state index contributed by atoms with van der Waals surface area (Å²) in [6.45, 7) is 0.729. The Bertz CT molecular complexity index is 508. The van der Waals surface area contributed by atoms with Crippen LogP contribution in [0, 0.1) is 11.3 Å². The smallest absolute Gasteiger partial charge is 0.120 e. The third-order valence-electron chi connectivity index (χ3n) is 2.45. The molecule has 1 aromatic carbocycles. The van der Waals surface area contributed by atoms with Crippen molar-refractivity contribution in [1.82, 2.24) is 4.57 Å². The molecule has 2 aromatic rings. The van der Waals surface area contributed by atoms with Crippen molar-refractivity contribution in [3.05, 3.63) is 30.5 Å². The molecule has 0 aliphatic carbocycles. The van der Waals surface area contributed by atoms with E-state index in [1.165, 1.54) is 5.39 Å². The quantitative estimate of drug-likeness (QED) is 0.763. The molecule has 0 fully saturated rings. The van der Waals surface area contributed by atoms with Crippen LogP contribution in [0.2, 0.25) is 0 Å². The van der Waals surface area contributed by atoms with E-state index < -0.39 is 0 Å². The van der Waals surface area contributed by atoms with Gasteiger partial charge >= 0.3 is 0 Å². The minimum atomic E-state index is 0.529. The lowest BCUT2D eigenvalue weighted by atomic mass is 10.2. The molecule has 0 radical (unpaired) electrons. The number of methoxy groups -OCH3 is 1. The molecule has 0 bridgehead atoms. The van der Waals surface area contributed by atoms with E-state index in [4.69, 9.17) is 10.00 Å². The first-order chi connectivity index (χ1) is 7.35. The number of benzene rings is 1. The maximum atomic E-state index is 8.55. The van der Waals surface area contributed by atoms with Gasteiger partial charge < -0.3 is 9.30 Å². The molecular formula is C12H12N2O. The number of rotatable bonds is 3. The summed E-state index contributed by atoms with van der Waals surface area (Å²) in [6, 6.07) is 10.2. The molecule has 2 rings (SSSR count). The van der Waals surface area contributed by atoms with Crippen LogP contribution in [0.25, 0.3) is 10.9 Å². The standard InChI is InChI=1S/C12H12N2O/c1-15-11-4-3-10-5-8-14(7-2-6-13)12(10)9-11/h3-5,8-9H,2,7H2,1H3. The first-order valence-electron chi connectivity index (χ1n) is 4.85. The van der Waals surface area contributed by atoms with Gasteiger partial charge in [-0.1, -0.05) is 0 Å². The van der Waals surface area contributed by atoms with Crippen molar-refractivity contribution in [1.29, 1.82) is 5.26 Å². The topological polar surface area (TPSA) is 38.0 Å². The van der Waals surface area contributed by atoms with E-state index in [9.17, 15) is 0 Å². The molecule has 0 saturated carbocycles. The van der Waals surface area contributed by atoms with Crippen LogP contribution in [0.3, 0.4) is 0 Å². The zero-order valence-corrected chi connectivity index (χ0v) is 8.60. The second-order valence-corrected chi connectivity index (χ2v) is 3.34. The number of aryl methyl sites for hydroxylation is 1. The van der Waals surface area contributed by atoms with Crippen LogP contribution in [0.4, 0.5) is 0 Å². The Morgan fingerprint density at radius 2 is 2.27 bits per heavy atom. The van der Waals surface area contributed by atoms with Gasteiger partial charge in [0.15, 0.2) is 0 Å². The van der Waals surface area contributed by atoms with Gasteiger partial charge in [0.25, 0.3) is 0 Å². The van der Waals surface area contributed by atoms with Crippen LogP contribution in [0.15, 0.2) is 30.5 Å². The molecule has 0 amide bonds. The SMILES string of the molecule is COc1ccc2ccn(CCC#N)c2c1. The second-order valence-electron chi connectivity index (χ2n) is 3.34. The minimum absolute atomic E-state index is 0.529. The molecule has 3 heteroatoms. The summed E-state index contributed by atoms with van der Waals surface area (Å²) in [5, 5.41) is 9.72. The molecule has 3 nitrogen and oxygen atoms in total. The van der Waals surface area contributed by atoms with Crippen LogP contribution in [-0.2, 0) is 6.54 Å². The largest absolute Gasteiger partial charge is 0.497 e. The number of nitrogens with zero attached hydrogens (tertiary/aromatic N) is 2. The second kappa shape index (κ2) is 4.05. The highest BCUT2D eigenvalue weighted by atomic mass is 16.5. The minimum Gasteiger partial charge on any atom is -0.497 e. The Hall–Kier alpha value is -1.95. The van der Waals surface area contributed by atoms with Crippen molar-refractivity contribution in [2.45, 2.75) is 13.0 Å². The Labute approximate surface area is 88.5 Å². The van der Waals surface area contributed by atoms with Crippen molar-refractivity contribution in [2.75, 3.05) is 7.11 Å². The summed E-state index contributed by atoms with van der Waals surface area (Å²) >= 11 is 0. The van der Waals surface area contributed by atoms with Gasteiger partial charge in [0.05, 0.1) is 25.1 Å². The highest BCUT2D eigenvalue weighted by Crippen LogP contribution is 2.21. The van der Waals surface area contributed by atoms with Crippen molar-refractivity contribution in [3.8, 4) is 11.8 Å². The van der Waals surface area contributed by atoms with Crippen molar-refractivity contribution < 1.29 is 4.74 Å². The molecule has 0 atom stereocenters. The Morgan fingerprint density at radius 1 is 1.40 bits per heavy atom. The number of aromatic nitrogens is 1. The first kappa shape index (κ1) is 9.60. The normalized spacial score (nSPS) is 10.1. The molecular weight excluding hydrogens is 188 g/mol. The van der Waals surface area contributed by atoms with Crippen molar-refractivity contribution in [3.63, 3.8) is 0 Å². The van der Waals surface area contributed by atoms with E-state index in [-0.39, 0.29) is 0 Å². The fourth-order valence-corrected chi connectivity index (χ4v) is 1.66. The van der Waals surface area contributed by atoms with Crippen LogP contribution in [0.1, 0.15) is 6.42 Å². The molecule has 0 saturated heterocycles. The van der Waals surface area contributed by atoms with E-state index in [2.05, 4.69) is 10.6 Å². The fraction of sp³-hybridized carbons (Fsp3) is 0.250. The van der Waals surface area contributed by atoms with Crippen molar-refractivity contribution >= 4 is 10.9 Å². The summed E-state index contributed by atoms with van der Waals surface area (Å²) < 4.78 is 7.24. The van der Waals surface area contributed by atoms with Crippen LogP contribution < -0.4 is 4.74 Å². The highest BCUT2D eigenvalue weighted by molar-refractivity contribution is 5.81. The van der Waals surface area contributed by atoms with E-state index in [1.807, 2.05) is 30.5 Å². The van der Waals surface area contributed by atoms with E-state index in [1.54, 1.807) is 7.11 Å². The molecule has 1 heterocycles. The average Bonchev–Trinajstić information content (AvgIpc) is 2.68. The highest BCUT2D eigenvalue weighted by Gasteiger charge is 2.01. The number of ether oxygens (including phenoxy) is 1. The van der Waals surface area contributed by atoms with Gasteiger partial charge in [0.2, 0.25) is 0 Å². The van der Waals surface area contributed by atoms with Crippen LogP contribution in [0.5, 0.6) is 5.75 Å². The van der Waals surface area contributed by atoms with Crippen LogP contribution >= 0.6 is 0 Å². The summed E-state index contributed by atoms with van der Waals surface area (Å²) in [5.41, 5.74) is 1.12. The van der Waals surface area contributed by atoms with Gasteiger partial charge in [0.1, 0.15) is 5.75 Å². The Balaban J connectivity index is 2.43. The summed E-state index contributed by atoms with van der Waals surface area (Å²) in [7, 11) is 1.66. The van der Waals surface area contributed by atoms with Gasteiger partial charge in [-0.25, -0.2) is 0 Å². The third kappa shape index (κ3) is 1.79.